The van der Waals surface area contributed by atoms with Crippen LogP contribution in [0.3, 0.4) is 0 Å². The fourth-order valence-electron chi connectivity index (χ4n) is 2.16. The normalized spacial score (nSPS) is 19.4. The van der Waals surface area contributed by atoms with Crippen molar-refractivity contribution in [2.24, 2.45) is 11.8 Å². The molecule has 1 aliphatic heterocycles. The van der Waals surface area contributed by atoms with Crippen molar-refractivity contribution in [3.05, 3.63) is 0 Å². The number of aliphatic carboxylic acids is 1. The molecule has 0 aromatic carbocycles. The van der Waals surface area contributed by atoms with Gasteiger partial charge in [-0.1, -0.05) is 13.8 Å². The zero-order valence-electron chi connectivity index (χ0n) is 12.4. The molecule has 0 saturated carbocycles. The van der Waals surface area contributed by atoms with Crippen LogP contribution in [-0.2, 0) is 9.59 Å². The van der Waals surface area contributed by atoms with Gasteiger partial charge >= 0.3 is 12.0 Å². The summed E-state index contributed by atoms with van der Waals surface area (Å²) in [4.78, 5) is 36.4. The monoisotopic (exact) mass is 285 g/mol. The highest BCUT2D eigenvalue weighted by Crippen LogP contribution is 2.18. The Morgan fingerprint density at radius 2 is 2.05 bits per heavy atom. The molecule has 0 aromatic heterocycles. The van der Waals surface area contributed by atoms with E-state index in [1.807, 2.05) is 0 Å². The summed E-state index contributed by atoms with van der Waals surface area (Å²) in [6.07, 6.45) is 0. The molecule has 1 saturated heterocycles. The number of carbonyl (C=O) groups is 3. The lowest BCUT2D eigenvalue weighted by Gasteiger charge is -2.41. The van der Waals surface area contributed by atoms with Crippen LogP contribution in [0.1, 0.15) is 27.7 Å². The molecular weight excluding hydrogens is 262 g/mol. The Hall–Kier alpha value is -1.79. The number of carboxylic acid groups (broad SMARTS) is 1. The van der Waals surface area contributed by atoms with Gasteiger partial charge in [0.05, 0.1) is 5.92 Å². The van der Waals surface area contributed by atoms with Gasteiger partial charge in [-0.3, -0.25) is 9.59 Å². The summed E-state index contributed by atoms with van der Waals surface area (Å²) < 4.78 is 0. The minimum Gasteiger partial charge on any atom is -0.481 e. The maximum Gasteiger partial charge on any atom is 0.318 e. The molecule has 0 spiro atoms. The predicted molar refractivity (Wildman–Crippen MR) is 73.2 cm³/mol. The number of hydrogen-bond donors (Lipinski definition) is 3. The average Bonchev–Trinajstić information content (AvgIpc) is 2.31. The van der Waals surface area contributed by atoms with Crippen LogP contribution in [0.2, 0.25) is 0 Å². The number of urea groups is 1. The number of piperazine rings is 1. The maximum atomic E-state index is 12.2. The van der Waals surface area contributed by atoms with E-state index in [0.717, 1.165) is 0 Å². The summed E-state index contributed by atoms with van der Waals surface area (Å²) in [5, 5.41) is 14.4. The van der Waals surface area contributed by atoms with Crippen molar-refractivity contribution in [3.8, 4) is 0 Å². The lowest BCUT2D eigenvalue weighted by Crippen LogP contribution is -2.65. The lowest BCUT2D eigenvalue weighted by molar-refractivity contribution is -0.143. The fraction of sp³-hybridized carbons (Fsp3) is 0.769. The molecule has 0 aliphatic carbocycles. The van der Waals surface area contributed by atoms with E-state index < -0.39 is 23.5 Å². The Morgan fingerprint density at radius 3 is 2.55 bits per heavy atom. The second kappa shape index (κ2) is 6.11. The number of carbonyl (C=O) groups excluding carboxylic acids is 2. The van der Waals surface area contributed by atoms with E-state index in [1.165, 1.54) is 4.90 Å². The molecule has 1 rings (SSSR count). The Labute approximate surface area is 118 Å². The Kier molecular flexibility index (Phi) is 4.97. The van der Waals surface area contributed by atoms with Gasteiger partial charge in [0.15, 0.2) is 0 Å². The third kappa shape index (κ3) is 3.40. The van der Waals surface area contributed by atoms with Gasteiger partial charge in [-0.2, -0.15) is 0 Å². The molecule has 1 fully saturated rings. The Balaban J connectivity index is 2.66. The summed E-state index contributed by atoms with van der Waals surface area (Å²) in [7, 11) is 0. The molecular formula is C13H23N3O4. The van der Waals surface area contributed by atoms with Gasteiger partial charge in [-0.25, -0.2) is 4.79 Å². The van der Waals surface area contributed by atoms with Gasteiger partial charge < -0.3 is 20.6 Å². The number of amides is 3. The van der Waals surface area contributed by atoms with Crippen molar-refractivity contribution in [1.82, 2.24) is 15.5 Å². The highest BCUT2D eigenvalue weighted by Gasteiger charge is 2.40. The molecule has 7 nitrogen and oxygen atoms in total. The summed E-state index contributed by atoms with van der Waals surface area (Å²) in [6, 6.07) is -0.406. The third-order valence-corrected chi connectivity index (χ3v) is 3.69. The zero-order chi connectivity index (χ0) is 15.5. The van der Waals surface area contributed by atoms with Crippen molar-refractivity contribution in [3.63, 3.8) is 0 Å². The van der Waals surface area contributed by atoms with Crippen molar-refractivity contribution < 1.29 is 19.5 Å². The van der Waals surface area contributed by atoms with Gasteiger partial charge in [0.25, 0.3) is 0 Å². The third-order valence-electron chi connectivity index (χ3n) is 3.69. The molecule has 1 heterocycles. The summed E-state index contributed by atoms with van der Waals surface area (Å²) in [5.41, 5.74) is -0.932. The lowest BCUT2D eigenvalue weighted by atomic mass is 9.96. The Morgan fingerprint density at radius 1 is 1.45 bits per heavy atom. The van der Waals surface area contributed by atoms with Crippen molar-refractivity contribution in [1.29, 1.82) is 0 Å². The Bertz CT molecular complexity index is 406. The minimum atomic E-state index is -0.934. The van der Waals surface area contributed by atoms with E-state index in [9.17, 15) is 14.4 Å². The molecule has 0 radical (unpaired) electrons. The molecule has 1 atom stereocenters. The van der Waals surface area contributed by atoms with Crippen LogP contribution in [0.5, 0.6) is 0 Å². The molecule has 114 valence electrons. The van der Waals surface area contributed by atoms with E-state index in [0.29, 0.717) is 13.1 Å². The van der Waals surface area contributed by atoms with E-state index in [4.69, 9.17) is 5.11 Å². The largest absolute Gasteiger partial charge is 0.481 e. The molecule has 1 unspecified atom stereocenters. The highest BCUT2D eigenvalue weighted by atomic mass is 16.4. The SMILES string of the molecule is CC(C)C(CNC(=O)N1CCNC(=O)C1(C)C)C(=O)O. The second-order valence-corrected chi connectivity index (χ2v) is 5.84. The number of nitrogens with one attached hydrogen (secondary N) is 2. The number of nitrogens with zero attached hydrogens (tertiary/aromatic N) is 1. The molecule has 7 heteroatoms. The molecule has 1 aliphatic rings. The van der Waals surface area contributed by atoms with E-state index in [1.54, 1.807) is 27.7 Å². The number of hydrogen-bond acceptors (Lipinski definition) is 3. The topological polar surface area (TPSA) is 98.7 Å². The van der Waals surface area contributed by atoms with Crippen molar-refractivity contribution in [2.75, 3.05) is 19.6 Å². The van der Waals surface area contributed by atoms with Crippen LogP contribution in [0.15, 0.2) is 0 Å². The van der Waals surface area contributed by atoms with Gasteiger partial charge in [0.2, 0.25) is 5.91 Å². The van der Waals surface area contributed by atoms with E-state index in [-0.39, 0.29) is 18.4 Å². The molecule has 3 N–H and O–H groups in total. The van der Waals surface area contributed by atoms with Crippen LogP contribution in [-0.4, -0.2) is 53.1 Å². The quantitative estimate of drug-likeness (QED) is 0.690. The van der Waals surface area contributed by atoms with Gasteiger partial charge in [-0.05, 0) is 19.8 Å². The van der Waals surface area contributed by atoms with Crippen molar-refractivity contribution in [2.45, 2.75) is 33.2 Å². The molecule has 20 heavy (non-hydrogen) atoms. The van der Waals surface area contributed by atoms with Gasteiger partial charge in [0.1, 0.15) is 5.54 Å². The summed E-state index contributed by atoms with van der Waals surface area (Å²) >= 11 is 0. The standard InChI is InChI=1S/C13H23N3O4/c1-8(2)9(10(17)18)7-15-12(20)16-6-5-14-11(19)13(16,3)4/h8-9H,5-7H2,1-4H3,(H,14,19)(H,15,20)(H,17,18). The average molecular weight is 285 g/mol. The minimum absolute atomic E-state index is 0.0556. The van der Waals surface area contributed by atoms with Crippen LogP contribution in [0, 0.1) is 11.8 Å². The van der Waals surface area contributed by atoms with Crippen LogP contribution in [0.25, 0.3) is 0 Å². The van der Waals surface area contributed by atoms with E-state index in [2.05, 4.69) is 10.6 Å². The second-order valence-electron chi connectivity index (χ2n) is 5.84. The van der Waals surface area contributed by atoms with Crippen LogP contribution < -0.4 is 10.6 Å². The smallest absolute Gasteiger partial charge is 0.318 e. The maximum absolute atomic E-state index is 12.2. The first-order valence-electron chi connectivity index (χ1n) is 6.74. The number of carboxylic acids is 1. The summed E-state index contributed by atoms with van der Waals surface area (Å²) in [5.74, 6) is -1.86. The first kappa shape index (κ1) is 16.3. The molecule has 0 aromatic rings. The molecule has 0 bridgehead atoms. The first-order chi connectivity index (χ1) is 9.17. The predicted octanol–water partition coefficient (Wildman–Crippen LogP) is 0.263. The van der Waals surface area contributed by atoms with Crippen LogP contribution in [0.4, 0.5) is 4.79 Å². The zero-order valence-corrected chi connectivity index (χ0v) is 12.4. The van der Waals surface area contributed by atoms with Crippen molar-refractivity contribution >= 4 is 17.9 Å². The molecule has 3 amide bonds. The number of rotatable bonds is 4. The first-order valence-corrected chi connectivity index (χ1v) is 6.74. The van der Waals surface area contributed by atoms with Crippen LogP contribution >= 0.6 is 0 Å². The highest BCUT2D eigenvalue weighted by molar-refractivity contribution is 5.91. The van der Waals surface area contributed by atoms with Gasteiger partial charge in [0, 0.05) is 19.6 Å². The fourth-order valence-corrected chi connectivity index (χ4v) is 2.16. The summed E-state index contributed by atoms with van der Waals surface area (Å²) in [6.45, 7) is 7.79. The van der Waals surface area contributed by atoms with Gasteiger partial charge in [-0.15, -0.1) is 0 Å². The van der Waals surface area contributed by atoms with E-state index >= 15 is 0 Å².